The third-order valence-corrected chi connectivity index (χ3v) is 4.75. The van der Waals surface area contributed by atoms with Crippen LogP contribution < -0.4 is 10.1 Å². The van der Waals surface area contributed by atoms with Crippen molar-refractivity contribution in [2.45, 2.75) is 33.4 Å². The van der Waals surface area contributed by atoms with Crippen molar-refractivity contribution in [1.82, 2.24) is 14.5 Å². The van der Waals surface area contributed by atoms with E-state index in [4.69, 9.17) is 4.74 Å². The second-order valence-corrected chi connectivity index (χ2v) is 7.01. The highest BCUT2D eigenvalue weighted by molar-refractivity contribution is 5.89. The number of ether oxygens (including phenoxy) is 1. The Labute approximate surface area is 176 Å². The fourth-order valence-corrected chi connectivity index (χ4v) is 3.13. The topological polar surface area (TPSA) is 59.4 Å². The van der Waals surface area contributed by atoms with E-state index < -0.39 is 0 Å². The molecule has 2 aromatic carbocycles. The van der Waals surface area contributed by atoms with Gasteiger partial charge in [-0.3, -0.25) is 0 Å². The number of rotatable bonds is 9. The van der Waals surface area contributed by atoms with E-state index in [2.05, 4.69) is 10.3 Å². The number of hydrogen-bond acceptors (Lipinski definition) is 3. The average molecular weight is 410 g/mol. The van der Waals surface area contributed by atoms with Gasteiger partial charge in [0.15, 0.2) is 0 Å². The zero-order valence-corrected chi connectivity index (χ0v) is 17.3. The number of carbonyl (C=O) groups excluding carboxylic acids is 1. The van der Waals surface area contributed by atoms with E-state index in [0.29, 0.717) is 30.9 Å². The Balaban J connectivity index is 1.73. The molecule has 1 aromatic heterocycles. The molecular formula is C23H27FN4O2. The highest BCUT2D eigenvalue weighted by atomic mass is 19.1. The molecule has 1 N–H and O–H groups in total. The van der Waals surface area contributed by atoms with E-state index >= 15 is 0 Å². The van der Waals surface area contributed by atoms with Crippen molar-refractivity contribution in [2.24, 2.45) is 0 Å². The number of aryl methyl sites for hydroxylation is 2. The lowest BCUT2D eigenvalue weighted by molar-refractivity contribution is 0.206. The molecule has 3 rings (SSSR count). The number of nitrogens with zero attached hydrogens (tertiary/aromatic N) is 3. The van der Waals surface area contributed by atoms with Gasteiger partial charge in [0.05, 0.1) is 19.5 Å². The van der Waals surface area contributed by atoms with Crippen LogP contribution in [-0.2, 0) is 13.1 Å². The summed E-state index contributed by atoms with van der Waals surface area (Å²) in [6.45, 7) is 5.83. The average Bonchev–Trinajstić information content (AvgIpc) is 3.25. The Hall–Kier alpha value is -3.35. The molecule has 7 heteroatoms. The second kappa shape index (κ2) is 10.4. The molecule has 0 radical (unpaired) electrons. The van der Waals surface area contributed by atoms with Crippen LogP contribution in [-0.4, -0.2) is 33.6 Å². The van der Waals surface area contributed by atoms with Crippen molar-refractivity contribution < 1.29 is 13.9 Å². The van der Waals surface area contributed by atoms with E-state index in [1.54, 1.807) is 36.5 Å². The van der Waals surface area contributed by atoms with Gasteiger partial charge in [-0.25, -0.2) is 14.2 Å². The van der Waals surface area contributed by atoms with Crippen LogP contribution in [0.1, 0.15) is 24.5 Å². The Morgan fingerprint density at radius 2 is 2.10 bits per heavy atom. The quantitative estimate of drug-likeness (QED) is 0.548. The van der Waals surface area contributed by atoms with Gasteiger partial charge in [0.25, 0.3) is 0 Å². The lowest BCUT2D eigenvalue weighted by Crippen LogP contribution is -2.35. The number of benzene rings is 2. The van der Waals surface area contributed by atoms with Gasteiger partial charge < -0.3 is 19.5 Å². The summed E-state index contributed by atoms with van der Waals surface area (Å²) in [5, 5.41) is 2.81. The molecular weight excluding hydrogens is 383 g/mol. The summed E-state index contributed by atoms with van der Waals surface area (Å²) >= 11 is 0. The summed E-state index contributed by atoms with van der Waals surface area (Å²) in [6.07, 6.45) is 6.13. The van der Waals surface area contributed by atoms with Crippen LogP contribution in [0.4, 0.5) is 14.9 Å². The Morgan fingerprint density at radius 1 is 1.27 bits per heavy atom. The number of halogens is 1. The standard InChI is InChI=1S/C23H27FN4O2/c1-3-30-22-8-5-4-7-19(22)16-28(13-6-12-27-14-11-25-17-27)23(29)26-20-10-9-18(2)21(24)15-20/h4-5,7-11,14-15,17H,3,6,12-13,16H2,1-2H3,(H,26,29). The zero-order valence-electron chi connectivity index (χ0n) is 17.3. The highest BCUT2D eigenvalue weighted by Crippen LogP contribution is 2.21. The van der Waals surface area contributed by atoms with Gasteiger partial charge in [0, 0.05) is 36.7 Å². The third kappa shape index (κ3) is 5.83. The maximum Gasteiger partial charge on any atom is 0.322 e. The molecule has 0 atom stereocenters. The van der Waals surface area contributed by atoms with E-state index in [1.807, 2.05) is 42.0 Å². The van der Waals surface area contributed by atoms with Crippen LogP contribution in [0.3, 0.4) is 0 Å². The minimum Gasteiger partial charge on any atom is -0.494 e. The van der Waals surface area contributed by atoms with Crippen molar-refractivity contribution in [3.05, 3.63) is 78.1 Å². The lowest BCUT2D eigenvalue weighted by atomic mass is 10.2. The predicted molar refractivity (Wildman–Crippen MR) is 115 cm³/mol. The van der Waals surface area contributed by atoms with Gasteiger partial charge in [0.2, 0.25) is 0 Å². The minimum atomic E-state index is -0.346. The lowest BCUT2D eigenvalue weighted by Gasteiger charge is -2.24. The number of hydrogen-bond donors (Lipinski definition) is 1. The molecule has 0 unspecified atom stereocenters. The normalized spacial score (nSPS) is 10.6. The number of nitrogens with one attached hydrogen (secondary N) is 1. The molecule has 0 bridgehead atoms. The van der Waals surface area contributed by atoms with Crippen molar-refractivity contribution in [2.75, 3.05) is 18.5 Å². The molecule has 2 amide bonds. The smallest absolute Gasteiger partial charge is 0.322 e. The largest absolute Gasteiger partial charge is 0.494 e. The van der Waals surface area contributed by atoms with Gasteiger partial charge >= 0.3 is 6.03 Å². The second-order valence-electron chi connectivity index (χ2n) is 7.01. The summed E-state index contributed by atoms with van der Waals surface area (Å²) in [4.78, 5) is 18.8. The number of para-hydroxylation sites is 1. The van der Waals surface area contributed by atoms with Gasteiger partial charge in [-0.15, -0.1) is 0 Å². The summed E-state index contributed by atoms with van der Waals surface area (Å²) in [5.41, 5.74) is 1.89. The van der Waals surface area contributed by atoms with Crippen LogP contribution in [0.5, 0.6) is 5.75 Å². The molecule has 1 heterocycles. The van der Waals surface area contributed by atoms with E-state index in [-0.39, 0.29) is 11.8 Å². The first-order chi connectivity index (χ1) is 14.6. The van der Waals surface area contributed by atoms with Crippen LogP contribution in [0.25, 0.3) is 0 Å². The van der Waals surface area contributed by atoms with Crippen molar-refractivity contribution in [3.8, 4) is 5.75 Å². The highest BCUT2D eigenvalue weighted by Gasteiger charge is 2.17. The molecule has 0 aliphatic heterocycles. The number of carbonyl (C=O) groups is 1. The molecule has 158 valence electrons. The van der Waals surface area contributed by atoms with Crippen LogP contribution in [0, 0.1) is 12.7 Å². The van der Waals surface area contributed by atoms with E-state index in [1.165, 1.54) is 6.07 Å². The first-order valence-electron chi connectivity index (χ1n) is 10.1. The van der Waals surface area contributed by atoms with E-state index in [0.717, 1.165) is 24.3 Å². The van der Waals surface area contributed by atoms with Crippen molar-refractivity contribution in [3.63, 3.8) is 0 Å². The van der Waals surface area contributed by atoms with Gasteiger partial charge in [-0.05, 0) is 44.0 Å². The summed E-state index contributed by atoms with van der Waals surface area (Å²) in [5.74, 6) is 0.412. The molecule has 0 aliphatic carbocycles. The first kappa shape index (κ1) is 21.4. The summed E-state index contributed by atoms with van der Waals surface area (Å²) < 4.78 is 21.6. The molecule has 0 aliphatic rings. The van der Waals surface area contributed by atoms with Crippen LogP contribution in [0.15, 0.2) is 61.2 Å². The number of anilines is 1. The van der Waals surface area contributed by atoms with Gasteiger partial charge in [-0.1, -0.05) is 24.3 Å². The molecule has 6 nitrogen and oxygen atoms in total. The zero-order chi connectivity index (χ0) is 21.3. The third-order valence-electron chi connectivity index (χ3n) is 4.75. The summed E-state index contributed by atoms with van der Waals surface area (Å²) in [6, 6.07) is 12.1. The number of aromatic nitrogens is 2. The molecule has 30 heavy (non-hydrogen) atoms. The first-order valence-corrected chi connectivity index (χ1v) is 10.1. The SMILES string of the molecule is CCOc1ccccc1CN(CCCn1ccnc1)C(=O)Nc1ccc(C)c(F)c1. The summed E-state index contributed by atoms with van der Waals surface area (Å²) in [7, 11) is 0. The van der Waals surface area contributed by atoms with Crippen LogP contribution in [0.2, 0.25) is 0 Å². The Morgan fingerprint density at radius 3 is 2.83 bits per heavy atom. The van der Waals surface area contributed by atoms with Crippen molar-refractivity contribution >= 4 is 11.7 Å². The molecule has 0 spiro atoms. The van der Waals surface area contributed by atoms with Gasteiger partial charge in [0.1, 0.15) is 11.6 Å². The number of imidazole rings is 1. The predicted octanol–water partition coefficient (Wildman–Crippen LogP) is 4.85. The van der Waals surface area contributed by atoms with E-state index in [9.17, 15) is 9.18 Å². The van der Waals surface area contributed by atoms with Crippen LogP contribution >= 0.6 is 0 Å². The van der Waals surface area contributed by atoms with Gasteiger partial charge in [-0.2, -0.15) is 0 Å². The van der Waals surface area contributed by atoms with Crippen molar-refractivity contribution in [1.29, 1.82) is 0 Å². The minimum absolute atomic E-state index is 0.282. The molecule has 3 aromatic rings. The fraction of sp³-hybridized carbons (Fsp3) is 0.304. The Kier molecular flexibility index (Phi) is 7.43. The maximum atomic E-state index is 13.9. The molecule has 0 fully saturated rings. The molecule has 0 saturated carbocycles. The number of amides is 2. The maximum absolute atomic E-state index is 13.9. The Bertz CT molecular complexity index is 960. The fourth-order valence-electron chi connectivity index (χ4n) is 3.13. The molecule has 0 saturated heterocycles. The number of urea groups is 1. The monoisotopic (exact) mass is 410 g/mol.